The van der Waals surface area contributed by atoms with Gasteiger partial charge in [-0.3, -0.25) is 14.6 Å². The number of anilines is 1. The van der Waals surface area contributed by atoms with Crippen LogP contribution in [-0.4, -0.2) is 27.5 Å². The van der Waals surface area contributed by atoms with Crippen LogP contribution in [0, 0.1) is 5.82 Å². The Morgan fingerprint density at radius 2 is 1.96 bits per heavy atom. The average Bonchev–Trinajstić information content (AvgIpc) is 2.55. The molecule has 2 aromatic rings. The molecule has 0 aliphatic rings. The number of aromatic nitrogens is 2. The number of nitrogens with one attached hydrogen (secondary N) is 2. The summed E-state index contributed by atoms with van der Waals surface area (Å²) >= 11 is 0. The summed E-state index contributed by atoms with van der Waals surface area (Å²) in [5.41, 5.74) is 3.30. The van der Waals surface area contributed by atoms with Gasteiger partial charge in [-0.1, -0.05) is 0 Å². The Balaban J connectivity index is 1.85. The fourth-order valence-electron chi connectivity index (χ4n) is 1.63. The Hall–Kier alpha value is -3.16. The van der Waals surface area contributed by atoms with Crippen molar-refractivity contribution in [3.63, 3.8) is 0 Å². The molecule has 1 aromatic heterocycles. The van der Waals surface area contributed by atoms with Crippen LogP contribution in [0.1, 0.15) is 23.8 Å². The predicted molar refractivity (Wildman–Crippen MR) is 82.3 cm³/mol. The van der Waals surface area contributed by atoms with Gasteiger partial charge in [-0.15, -0.1) is 0 Å². The molecule has 1 aromatic carbocycles. The third-order valence-corrected chi connectivity index (χ3v) is 2.69. The number of amides is 2. The van der Waals surface area contributed by atoms with Gasteiger partial charge in [-0.2, -0.15) is 5.10 Å². The maximum absolute atomic E-state index is 12.8. The molecule has 0 spiro atoms. The fourth-order valence-corrected chi connectivity index (χ4v) is 1.63. The van der Waals surface area contributed by atoms with Crippen LogP contribution in [0.15, 0.2) is 48.0 Å². The second-order valence-electron chi connectivity index (χ2n) is 4.61. The Morgan fingerprint density at radius 3 is 2.61 bits per heavy atom. The highest BCUT2D eigenvalue weighted by atomic mass is 19.1. The standard InChI is InChI=1S/C15H14FN5O2/c1-10(20-21-15(23)13-9-17-6-7-18-13)8-14(22)19-12-4-2-11(16)3-5-12/h2-7,9H,8H2,1H3,(H,19,22)(H,21,23). The summed E-state index contributed by atoms with van der Waals surface area (Å²) in [5, 5.41) is 6.42. The topological polar surface area (TPSA) is 96.3 Å². The predicted octanol–water partition coefficient (Wildman–Crippen LogP) is 1.75. The molecule has 7 nitrogen and oxygen atoms in total. The highest BCUT2D eigenvalue weighted by Gasteiger charge is 2.08. The first-order chi connectivity index (χ1) is 11.0. The molecule has 0 atom stereocenters. The van der Waals surface area contributed by atoms with Gasteiger partial charge in [0.15, 0.2) is 0 Å². The van der Waals surface area contributed by atoms with Crippen LogP contribution < -0.4 is 10.7 Å². The largest absolute Gasteiger partial charge is 0.326 e. The van der Waals surface area contributed by atoms with Crippen LogP contribution in [0.2, 0.25) is 0 Å². The number of hydrogen-bond donors (Lipinski definition) is 2. The number of benzene rings is 1. The van der Waals surface area contributed by atoms with Crippen molar-refractivity contribution >= 4 is 23.2 Å². The maximum Gasteiger partial charge on any atom is 0.291 e. The molecular formula is C15H14FN5O2. The monoisotopic (exact) mass is 315 g/mol. The van der Waals surface area contributed by atoms with Crippen molar-refractivity contribution in [3.05, 3.63) is 54.4 Å². The zero-order valence-electron chi connectivity index (χ0n) is 12.3. The minimum atomic E-state index is -0.517. The Bertz CT molecular complexity index is 716. The lowest BCUT2D eigenvalue weighted by Gasteiger charge is -2.05. The Kier molecular flexibility index (Phi) is 5.45. The first-order valence-corrected chi connectivity index (χ1v) is 6.69. The van der Waals surface area contributed by atoms with E-state index < -0.39 is 5.91 Å². The molecule has 8 heteroatoms. The molecular weight excluding hydrogens is 301 g/mol. The molecule has 118 valence electrons. The minimum absolute atomic E-state index is 0.0157. The van der Waals surface area contributed by atoms with E-state index in [9.17, 15) is 14.0 Å². The number of nitrogens with zero attached hydrogens (tertiary/aromatic N) is 3. The van der Waals surface area contributed by atoms with Gasteiger partial charge in [0.25, 0.3) is 5.91 Å². The van der Waals surface area contributed by atoms with Crippen molar-refractivity contribution in [2.24, 2.45) is 5.10 Å². The lowest BCUT2D eigenvalue weighted by atomic mass is 10.2. The SMILES string of the molecule is CC(CC(=O)Nc1ccc(F)cc1)=NNC(=O)c1cnccn1. The van der Waals surface area contributed by atoms with Gasteiger partial charge in [0, 0.05) is 23.8 Å². The second-order valence-corrected chi connectivity index (χ2v) is 4.61. The molecule has 2 amide bonds. The molecule has 0 saturated carbocycles. The molecule has 23 heavy (non-hydrogen) atoms. The van der Waals surface area contributed by atoms with E-state index in [1.165, 1.54) is 42.9 Å². The van der Waals surface area contributed by atoms with Crippen LogP contribution in [0.5, 0.6) is 0 Å². The number of carbonyl (C=O) groups is 2. The van der Waals surface area contributed by atoms with Crippen molar-refractivity contribution in [1.29, 1.82) is 0 Å². The Labute approximate surface area is 131 Å². The summed E-state index contributed by atoms with van der Waals surface area (Å²) < 4.78 is 12.8. The maximum atomic E-state index is 12.8. The summed E-state index contributed by atoms with van der Waals surface area (Å²) in [6, 6.07) is 5.40. The van der Waals surface area contributed by atoms with Gasteiger partial charge >= 0.3 is 0 Å². The molecule has 0 unspecified atom stereocenters. The van der Waals surface area contributed by atoms with E-state index in [1.54, 1.807) is 6.92 Å². The summed E-state index contributed by atoms with van der Waals surface area (Å²) in [6.07, 6.45) is 4.13. The van der Waals surface area contributed by atoms with Gasteiger partial charge in [0.1, 0.15) is 11.5 Å². The van der Waals surface area contributed by atoms with E-state index in [-0.39, 0.29) is 23.8 Å². The number of hydrogen-bond acceptors (Lipinski definition) is 5. The van der Waals surface area contributed by atoms with Crippen LogP contribution in [0.4, 0.5) is 10.1 Å². The molecule has 0 fully saturated rings. The van der Waals surface area contributed by atoms with Crippen LogP contribution >= 0.6 is 0 Å². The molecule has 0 saturated heterocycles. The first kappa shape index (κ1) is 16.2. The molecule has 0 aliphatic carbocycles. The number of rotatable bonds is 5. The van der Waals surface area contributed by atoms with Crippen molar-refractivity contribution < 1.29 is 14.0 Å². The number of carbonyl (C=O) groups excluding carboxylic acids is 2. The third-order valence-electron chi connectivity index (χ3n) is 2.69. The van der Waals surface area contributed by atoms with Crippen LogP contribution in [0.25, 0.3) is 0 Å². The molecule has 0 radical (unpaired) electrons. The van der Waals surface area contributed by atoms with Crippen LogP contribution in [-0.2, 0) is 4.79 Å². The first-order valence-electron chi connectivity index (χ1n) is 6.69. The highest BCUT2D eigenvalue weighted by Crippen LogP contribution is 2.08. The average molecular weight is 315 g/mol. The van der Waals surface area contributed by atoms with E-state index >= 15 is 0 Å². The van der Waals surface area contributed by atoms with Gasteiger partial charge in [-0.25, -0.2) is 14.8 Å². The smallest absolute Gasteiger partial charge is 0.291 e. The van der Waals surface area contributed by atoms with Crippen molar-refractivity contribution in [2.75, 3.05) is 5.32 Å². The van der Waals surface area contributed by atoms with Crippen molar-refractivity contribution in [3.8, 4) is 0 Å². The summed E-state index contributed by atoms with van der Waals surface area (Å²) in [6.45, 7) is 1.60. The molecule has 2 N–H and O–H groups in total. The molecule has 0 aliphatic heterocycles. The zero-order valence-corrected chi connectivity index (χ0v) is 12.3. The van der Waals surface area contributed by atoms with Gasteiger partial charge < -0.3 is 5.32 Å². The van der Waals surface area contributed by atoms with E-state index in [1.807, 2.05) is 0 Å². The summed E-state index contributed by atoms with van der Waals surface area (Å²) in [5.74, 6) is -1.23. The third kappa shape index (κ3) is 5.27. The minimum Gasteiger partial charge on any atom is -0.326 e. The summed E-state index contributed by atoms with van der Waals surface area (Å²) in [4.78, 5) is 31.1. The van der Waals surface area contributed by atoms with Crippen molar-refractivity contribution in [1.82, 2.24) is 15.4 Å². The van der Waals surface area contributed by atoms with E-state index in [0.29, 0.717) is 11.4 Å². The second kappa shape index (κ2) is 7.74. The van der Waals surface area contributed by atoms with Crippen molar-refractivity contribution in [2.45, 2.75) is 13.3 Å². The fraction of sp³-hybridized carbons (Fsp3) is 0.133. The van der Waals surface area contributed by atoms with Gasteiger partial charge in [0.05, 0.1) is 12.6 Å². The Morgan fingerprint density at radius 1 is 1.22 bits per heavy atom. The molecule has 0 bridgehead atoms. The lowest BCUT2D eigenvalue weighted by molar-refractivity contribution is -0.115. The van der Waals surface area contributed by atoms with Crippen LogP contribution in [0.3, 0.4) is 0 Å². The summed E-state index contributed by atoms with van der Waals surface area (Å²) in [7, 11) is 0. The lowest BCUT2D eigenvalue weighted by Crippen LogP contribution is -2.22. The van der Waals surface area contributed by atoms with Gasteiger partial charge in [-0.05, 0) is 31.2 Å². The normalized spacial score (nSPS) is 11.0. The zero-order chi connectivity index (χ0) is 16.7. The molecule has 2 rings (SSSR count). The van der Waals surface area contributed by atoms with E-state index in [4.69, 9.17) is 0 Å². The number of hydrazone groups is 1. The molecule has 1 heterocycles. The highest BCUT2D eigenvalue weighted by molar-refractivity contribution is 6.06. The van der Waals surface area contributed by atoms with E-state index in [2.05, 4.69) is 25.8 Å². The van der Waals surface area contributed by atoms with Gasteiger partial charge in [0.2, 0.25) is 5.91 Å². The van der Waals surface area contributed by atoms with E-state index in [0.717, 1.165) is 0 Å². The quantitative estimate of drug-likeness (QED) is 0.649. The number of halogens is 1.